The van der Waals surface area contributed by atoms with Gasteiger partial charge >= 0.3 is 5.97 Å². The van der Waals surface area contributed by atoms with Gasteiger partial charge in [-0.25, -0.2) is 0 Å². The van der Waals surface area contributed by atoms with Crippen molar-refractivity contribution in [3.8, 4) is 0 Å². The van der Waals surface area contributed by atoms with E-state index >= 15 is 0 Å². The summed E-state index contributed by atoms with van der Waals surface area (Å²) in [6.45, 7) is 8.38. The first-order valence-electron chi connectivity index (χ1n) is 8.09. The van der Waals surface area contributed by atoms with Crippen LogP contribution in [0.3, 0.4) is 0 Å². The van der Waals surface area contributed by atoms with Crippen LogP contribution in [-0.4, -0.2) is 40.6 Å². The van der Waals surface area contributed by atoms with E-state index in [0.29, 0.717) is 12.3 Å². The molecule has 0 aliphatic heterocycles. The number of nitrogens with two attached hydrogens (primary N) is 1. The topological polar surface area (TPSA) is 66.6 Å². The molecule has 4 heteroatoms. The van der Waals surface area contributed by atoms with Gasteiger partial charge in [0.25, 0.3) is 0 Å². The van der Waals surface area contributed by atoms with Crippen LogP contribution in [0.15, 0.2) is 0 Å². The third-order valence-corrected chi connectivity index (χ3v) is 4.32. The van der Waals surface area contributed by atoms with Crippen molar-refractivity contribution in [1.29, 1.82) is 0 Å². The van der Waals surface area contributed by atoms with Gasteiger partial charge in [0.15, 0.2) is 0 Å². The number of carboxylic acids is 1. The molecule has 4 nitrogen and oxygen atoms in total. The highest BCUT2D eigenvalue weighted by Crippen LogP contribution is 2.25. The molecule has 1 aliphatic carbocycles. The summed E-state index contributed by atoms with van der Waals surface area (Å²) >= 11 is 0. The molecule has 0 heterocycles. The van der Waals surface area contributed by atoms with E-state index in [-0.39, 0.29) is 0 Å². The van der Waals surface area contributed by atoms with Crippen LogP contribution in [0, 0.1) is 5.92 Å². The highest BCUT2D eigenvalue weighted by atomic mass is 16.4. The lowest BCUT2D eigenvalue weighted by atomic mass is 9.96. The Labute approximate surface area is 123 Å². The van der Waals surface area contributed by atoms with Crippen molar-refractivity contribution in [3.63, 3.8) is 0 Å². The van der Waals surface area contributed by atoms with Crippen LogP contribution in [-0.2, 0) is 4.79 Å². The van der Waals surface area contributed by atoms with Crippen molar-refractivity contribution in [1.82, 2.24) is 4.90 Å². The number of carbonyl (C=O) groups is 1. The molecule has 1 atom stereocenters. The molecule has 0 saturated heterocycles. The van der Waals surface area contributed by atoms with Gasteiger partial charge in [-0.1, -0.05) is 26.7 Å². The lowest BCUT2D eigenvalue weighted by molar-refractivity contribution is -0.142. The fourth-order valence-electron chi connectivity index (χ4n) is 3.08. The number of hydrogen-bond donors (Lipinski definition) is 2. The molecule has 0 aromatic carbocycles. The number of rotatable bonds is 9. The summed E-state index contributed by atoms with van der Waals surface area (Å²) in [4.78, 5) is 13.6. The summed E-state index contributed by atoms with van der Waals surface area (Å²) in [7, 11) is 0. The molecule has 1 rings (SSSR count). The van der Waals surface area contributed by atoms with Crippen molar-refractivity contribution in [2.24, 2.45) is 11.7 Å². The van der Waals surface area contributed by atoms with Crippen LogP contribution in [0.4, 0.5) is 0 Å². The van der Waals surface area contributed by atoms with Gasteiger partial charge < -0.3 is 15.7 Å². The largest absolute Gasteiger partial charge is 0.480 e. The molecule has 0 amide bonds. The van der Waals surface area contributed by atoms with E-state index in [1.165, 1.54) is 25.7 Å². The van der Waals surface area contributed by atoms with Crippen molar-refractivity contribution in [2.75, 3.05) is 13.1 Å². The Morgan fingerprint density at radius 2 is 1.95 bits per heavy atom. The first-order chi connectivity index (χ1) is 9.33. The number of unbranched alkanes of at least 4 members (excludes halogenated alkanes) is 1. The number of nitrogens with zero attached hydrogens (tertiary/aromatic N) is 1. The monoisotopic (exact) mass is 284 g/mol. The van der Waals surface area contributed by atoms with Crippen molar-refractivity contribution in [3.05, 3.63) is 0 Å². The van der Waals surface area contributed by atoms with Crippen molar-refractivity contribution < 1.29 is 9.90 Å². The number of aliphatic carboxylic acids is 1. The first-order valence-corrected chi connectivity index (χ1v) is 8.09. The molecule has 20 heavy (non-hydrogen) atoms. The minimum Gasteiger partial charge on any atom is -0.480 e. The van der Waals surface area contributed by atoms with Crippen LogP contribution in [0.1, 0.15) is 65.7 Å². The maximum atomic E-state index is 11.0. The molecule has 0 radical (unpaired) electrons. The summed E-state index contributed by atoms with van der Waals surface area (Å²) < 4.78 is 0. The van der Waals surface area contributed by atoms with Crippen LogP contribution >= 0.6 is 0 Å². The summed E-state index contributed by atoms with van der Waals surface area (Å²) in [5.41, 5.74) is 4.69. The summed E-state index contributed by atoms with van der Waals surface area (Å²) in [6, 6.07) is 0.751. The second-order valence-corrected chi connectivity index (χ2v) is 7.01. The highest BCUT2D eigenvalue weighted by Gasteiger charge is 2.27. The van der Waals surface area contributed by atoms with E-state index < -0.39 is 11.5 Å². The average molecular weight is 284 g/mol. The minimum atomic E-state index is -1.07. The molecule has 0 bridgehead atoms. The predicted octanol–water partition coefficient (Wildman–Crippen LogP) is 2.86. The highest BCUT2D eigenvalue weighted by molar-refractivity contribution is 5.77. The van der Waals surface area contributed by atoms with Crippen LogP contribution in [0.5, 0.6) is 0 Å². The fraction of sp³-hybridized carbons (Fsp3) is 0.938. The van der Waals surface area contributed by atoms with Crippen molar-refractivity contribution >= 4 is 5.97 Å². The molecule has 1 saturated carbocycles. The fourth-order valence-corrected chi connectivity index (χ4v) is 3.08. The minimum absolute atomic E-state index is 0.558. The van der Waals surface area contributed by atoms with Gasteiger partial charge in [0.1, 0.15) is 5.54 Å². The Balaban J connectivity index is 2.33. The van der Waals surface area contributed by atoms with E-state index in [1.54, 1.807) is 6.92 Å². The van der Waals surface area contributed by atoms with E-state index in [0.717, 1.165) is 32.0 Å². The lowest BCUT2D eigenvalue weighted by Gasteiger charge is -2.30. The number of hydrogen-bond acceptors (Lipinski definition) is 3. The molecule has 0 aromatic heterocycles. The van der Waals surface area contributed by atoms with Gasteiger partial charge in [-0.3, -0.25) is 4.79 Å². The average Bonchev–Trinajstić information content (AvgIpc) is 2.86. The Bertz CT molecular complexity index is 297. The maximum absolute atomic E-state index is 11.0. The number of carboxylic acid groups (broad SMARTS) is 1. The van der Waals surface area contributed by atoms with E-state index in [4.69, 9.17) is 10.8 Å². The Kier molecular flexibility index (Phi) is 6.96. The zero-order valence-corrected chi connectivity index (χ0v) is 13.4. The van der Waals surface area contributed by atoms with Crippen molar-refractivity contribution in [2.45, 2.75) is 77.3 Å². The summed E-state index contributed by atoms with van der Waals surface area (Å²) in [5.74, 6) is -0.207. The third-order valence-electron chi connectivity index (χ3n) is 4.32. The first kappa shape index (κ1) is 17.4. The van der Waals surface area contributed by atoms with Gasteiger partial charge in [-0.15, -0.1) is 0 Å². The van der Waals surface area contributed by atoms with Gasteiger partial charge in [-0.2, -0.15) is 0 Å². The Morgan fingerprint density at radius 1 is 1.35 bits per heavy atom. The third kappa shape index (κ3) is 5.80. The quantitative estimate of drug-likeness (QED) is 0.639. The second-order valence-electron chi connectivity index (χ2n) is 7.01. The molecule has 118 valence electrons. The normalized spacial score (nSPS) is 19.7. The second kappa shape index (κ2) is 7.99. The van der Waals surface area contributed by atoms with Gasteiger partial charge in [0.05, 0.1) is 0 Å². The lowest BCUT2D eigenvalue weighted by Crippen LogP contribution is -2.44. The van der Waals surface area contributed by atoms with E-state index in [9.17, 15) is 4.79 Å². The molecule has 3 N–H and O–H groups in total. The molecule has 0 spiro atoms. The molecule has 1 fully saturated rings. The van der Waals surface area contributed by atoms with Crippen LogP contribution in [0.25, 0.3) is 0 Å². The van der Waals surface area contributed by atoms with Gasteiger partial charge in [0.2, 0.25) is 0 Å². The standard InChI is InChI=1S/C16H32N2O2/c1-13(2)12-18(14-8-4-5-9-14)11-7-6-10-16(3,17)15(19)20/h13-14H,4-12,17H2,1-3H3,(H,19,20). The van der Waals surface area contributed by atoms with Gasteiger partial charge in [0, 0.05) is 12.6 Å². The Morgan fingerprint density at radius 3 is 2.45 bits per heavy atom. The SMILES string of the molecule is CC(C)CN(CCCCC(C)(N)C(=O)O)C1CCCC1. The van der Waals surface area contributed by atoms with E-state index in [1.807, 2.05) is 0 Å². The van der Waals surface area contributed by atoms with Crippen LogP contribution in [0.2, 0.25) is 0 Å². The Hall–Kier alpha value is -0.610. The summed E-state index contributed by atoms with van der Waals surface area (Å²) in [5, 5.41) is 9.01. The predicted molar refractivity (Wildman–Crippen MR) is 82.7 cm³/mol. The zero-order valence-electron chi connectivity index (χ0n) is 13.4. The molecular formula is C16H32N2O2. The molecule has 1 unspecified atom stereocenters. The van der Waals surface area contributed by atoms with Crippen LogP contribution < -0.4 is 5.73 Å². The smallest absolute Gasteiger partial charge is 0.323 e. The van der Waals surface area contributed by atoms with E-state index in [2.05, 4.69) is 18.7 Å². The summed E-state index contributed by atoms with van der Waals surface area (Å²) in [6.07, 6.45) is 7.87. The maximum Gasteiger partial charge on any atom is 0.323 e. The molecule has 0 aromatic rings. The zero-order chi connectivity index (χ0) is 15.2. The molecular weight excluding hydrogens is 252 g/mol. The molecule has 1 aliphatic rings. The van der Waals surface area contributed by atoms with Gasteiger partial charge in [-0.05, 0) is 51.5 Å².